The summed E-state index contributed by atoms with van der Waals surface area (Å²) >= 11 is 0. The van der Waals surface area contributed by atoms with Crippen molar-refractivity contribution in [1.82, 2.24) is 10.6 Å². The van der Waals surface area contributed by atoms with Crippen molar-refractivity contribution < 1.29 is 9.90 Å². The molecule has 2 aliphatic rings. The van der Waals surface area contributed by atoms with Gasteiger partial charge in [-0.2, -0.15) is 0 Å². The summed E-state index contributed by atoms with van der Waals surface area (Å²) in [6.07, 6.45) is 6.40. The Kier molecular flexibility index (Phi) is 5.89. The Morgan fingerprint density at radius 2 is 2.11 bits per heavy atom. The van der Waals surface area contributed by atoms with Crippen LogP contribution in [0.3, 0.4) is 0 Å². The van der Waals surface area contributed by atoms with Gasteiger partial charge in [-0.1, -0.05) is 19.8 Å². The maximum atomic E-state index is 11.9. The van der Waals surface area contributed by atoms with Crippen molar-refractivity contribution >= 4 is 18.3 Å². The third-order valence-electron chi connectivity index (χ3n) is 4.48. The van der Waals surface area contributed by atoms with Crippen LogP contribution in [0.2, 0.25) is 0 Å². The maximum absolute atomic E-state index is 11.9. The fraction of sp³-hybridized carbons (Fsp3) is 0.923. The summed E-state index contributed by atoms with van der Waals surface area (Å²) in [5.74, 6) is 0.0567. The van der Waals surface area contributed by atoms with E-state index in [0.29, 0.717) is 18.4 Å². The number of nitrogens with one attached hydrogen (secondary N) is 2. The Bertz CT molecular complexity index is 280. The average Bonchev–Trinajstić information content (AvgIpc) is 2.95. The Hall–Kier alpha value is -0.320. The number of carbonyl (C=O) groups excluding carboxylic acids is 1. The number of amides is 1. The zero-order valence-corrected chi connectivity index (χ0v) is 11.9. The van der Waals surface area contributed by atoms with Gasteiger partial charge < -0.3 is 15.7 Å². The van der Waals surface area contributed by atoms with E-state index in [0.717, 1.165) is 13.0 Å². The van der Waals surface area contributed by atoms with Crippen LogP contribution in [-0.4, -0.2) is 36.2 Å². The van der Waals surface area contributed by atoms with Crippen LogP contribution < -0.4 is 10.6 Å². The number of rotatable bonds is 4. The molecule has 0 bridgehead atoms. The highest BCUT2D eigenvalue weighted by atomic mass is 35.5. The van der Waals surface area contributed by atoms with Gasteiger partial charge in [-0.25, -0.2) is 0 Å². The van der Waals surface area contributed by atoms with Crippen LogP contribution in [0.5, 0.6) is 0 Å². The zero-order chi connectivity index (χ0) is 12.3. The Morgan fingerprint density at radius 1 is 1.44 bits per heavy atom. The molecule has 0 radical (unpaired) electrons. The van der Waals surface area contributed by atoms with Gasteiger partial charge in [-0.05, 0) is 31.1 Å². The predicted octanol–water partition coefficient (Wildman–Crippen LogP) is 1.22. The van der Waals surface area contributed by atoms with E-state index < -0.39 is 0 Å². The van der Waals surface area contributed by atoms with Gasteiger partial charge in [0.1, 0.15) is 0 Å². The van der Waals surface area contributed by atoms with E-state index in [1.807, 2.05) is 0 Å². The van der Waals surface area contributed by atoms with Crippen LogP contribution in [0.1, 0.15) is 45.4 Å². The molecule has 1 saturated carbocycles. The summed E-state index contributed by atoms with van der Waals surface area (Å²) in [6.45, 7) is 3.56. The molecule has 0 aromatic rings. The first-order valence-corrected chi connectivity index (χ1v) is 6.84. The highest BCUT2D eigenvalue weighted by molar-refractivity contribution is 5.85. The lowest BCUT2D eigenvalue weighted by atomic mass is 9.83. The van der Waals surface area contributed by atoms with Gasteiger partial charge in [-0.15, -0.1) is 12.4 Å². The number of hydrogen-bond donors (Lipinski definition) is 3. The minimum atomic E-state index is -0.364. The third-order valence-corrected chi connectivity index (χ3v) is 4.48. The number of halogens is 1. The van der Waals surface area contributed by atoms with Crippen LogP contribution >= 0.6 is 12.4 Å². The molecule has 1 aliphatic heterocycles. The van der Waals surface area contributed by atoms with Crippen molar-refractivity contribution in [3.63, 3.8) is 0 Å². The van der Waals surface area contributed by atoms with Crippen LogP contribution in [-0.2, 0) is 4.79 Å². The zero-order valence-electron chi connectivity index (χ0n) is 11.1. The normalized spacial score (nSPS) is 29.9. The first kappa shape index (κ1) is 15.7. The number of β-amino-alcohol motifs (C(OH)–C–C–N with tert-alkyl or cyclic N) is 1. The van der Waals surface area contributed by atoms with Gasteiger partial charge in [0, 0.05) is 13.1 Å². The van der Waals surface area contributed by atoms with E-state index in [2.05, 4.69) is 17.6 Å². The highest BCUT2D eigenvalue weighted by Gasteiger charge is 2.34. The van der Waals surface area contributed by atoms with E-state index in [1.165, 1.54) is 25.7 Å². The maximum Gasteiger partial charge on any atom is 0.237 e. The minimum absolute atomic E-state index is 0. The molecule has 1 heterocycles. The second-order valence-electron chi connectivity index (χ2n) is 5.63. The first-order valence-electron chi connectivity index (χ1n) is 6.84. The van der Waals surface area contributed by atoms with Crippen LogP contribution in [0.25, 0.3) is 0 Å². The van der Waals surface area contributed by atoms with Crippen molar-refractivity contribution in [3.05, 3.63) is 0 Å². The molecule has 3 N–H and O–H groups in total. The largest absolute Gasteiger partial charge is 0.392 e. The molecular formula is C13H25ClN2O2. The average molecular weight is 277 g/mol. The number of hydrogen-bond acceptors (Lipinski definition) is 3. The van der Waals surface area contributed by atoms with Crippen LogP contribution in [0.15, 0.2) is 0 Å². The lowest BCUT2D eigenvalue weighted by Crippen LogP contribution is -2.44. The third kappa shape index (κ3) is 3.59. The van der Waals surface area contributed by atoms with E-state index in [9.17, 15) is 9.90 Å². The fourth-order valence-electron chi connectivity index (χ4n) is 3.09. The van der Waals surface area contributed by atoms with Crippen molar-refractivity contribution in [2.24, 2.45) is 5.41 Å². The van der Waals surface area contributed by atoms with Crippen molar-refractivity contribution in [2.75, 3.05) is 13.1 Å². The van der Waals surface area contributed by atoms with Crippen molar-refractivity contribution in [3.8, 4) is 0 Å². The van der Waals surface area contributed by atoms with E-state index in [-0.39, 0.29) is 30.5 Å². The van der Waals surface area contributed by atoms with Crippen molar-refractivity contribution in [2.45, 2.75) is 57.6 Å². The van der Waals surface area contributed by atoms with Crippen LogP contribution in [0, 0.1) is 5.41 Å². The Morgan fingerprint density at radius 3 is 2.61 bits per heavy atom. The number of aliphatic hydroxyl groups excluding tert-OH is 1. The molecule has 4 nitrogen and oxygen atoms in total. The van der Waals surface area contributed by atoms with Gasteiger partial charge in [-0.3, -0.25) is 4.79 Å². The molecule has 2 fully saturated rings. The fourth-order valence-corrected chi connectivity index (χ4v) is 3.09. The minimum Gasteiger partial charge on any atom is -0.392 e. The molecule has 1 amide bonds. The summed E-state index contributed by atoms with van der Waals surface area (Å²) in [5.41, 5.74) is 0.340. The smallest absolute Gasteiger partial charge is 0.237 e. The number of carbonyl (C=O) groups is 1. The van der Waals surface area contributed by atoms with Crippen LogP contribution in [0.4, 0.5) is 0 Å². The second kappa shape index (κ2) is 6.73. The molecule has 0 aromatic carbocycles. The molecule has 18 heavy (non-hydrogen) atoms. The van der Waals surface area contributed by atoms with Gasteiger partial charge >= 0.3 is 0 Å². The van der Waals surface area contributed by atoms with E-state index in [1.54, 1.807) is 0 Å². The summed E-state index contributed by atoms with van der Waals surface area (Å²) in [7, 11) is 0. The lowest BCUT2D eigenvalue weighted by Gasteiger charge is -2.28. The Labute approximate surface area is 115 Å². The molecule has 106 valence electrons. The molecule has 1 saturated heterocycles. The molecule has 0 spiro atoms. The Balaban J connectivity index is 0.00000162. The summed E-state index contributed by atoms with van der Waals surface area (Å²) in [5, 5.41) is 15.5. The topological polar surface area (TPSA) is 61.4 Å². The summed E-state index contributed by atoms with van der Waals surface area (Å²) < 4.78 is 0. The molecule has 1 aliphatic carbocycles. The highest BCUT2D eigenvalue weighted by Crippen LogP contribution is 2.40. The van der Waals surface area contributed by atoms with Crippen molar-refractivity contribution in [1.29, 1.82) is 0 Å². The van der Waals surface area contributed by atoms with Gasteiger partial charge in [0.2, 0.25) is 5.91 Å². The van der Waals surface area contributed by atoms with E-state index >= 15 is 0 Å². The molecule has 2 atom stereocenters. The first-order chi connectivity index (χ1) is 8.15. The molecular weight excluding hydrogens is 252 g/mol. The predicted molar refractivity (Wildman–Crippen MR) is 73.9 cm³/mol. The van der Waals surface area contributed by atoms with E-state index in [4.69, 9.17) is 0 Å². The number of aliphatic hydroxyl groups is 1. The summed E-state index contributed by atoms with van der Waals surface area (Å²) in [4.78, 5) is 11.9. The molecule has 0 aromatic heterocycles. The quantitative estimate of drug-likeness (QED) is 0.724. The molecule has 2 unspecified atom stereocenters. The van der Waals surface area contributed by atoms with Gasteiger partial charge in [0.15, 0.2) is 0 Å². The molecule has 2 rings (SSSR count). The molecule has 5 heteroatoms. The lowest BCUT2D eigenvalue weighted by molar-refractivity contribution is -0.123. The second-order valence-corrected chi connectivity index (χ2v) is 5.63. The monoisotopic (exact) mass is 276 g/mol. The SMILES string of the molecule is CCC1(CNC(=O)C2CC(O)CN2)CCCC1.Cl. The standard InChI is InChI=1S/C13H24N2O2.ClH/c1-2-13(5-3-4-6-13)9-15-12(17)11-7-10(16)8-14-11;/h10-11,14,16H,2-9H2,1H3,(H,15,17);1H. The van der Waals surface area contributed by atoms with Gasteiger partial charge in [0.25, 0.3) is 0 Å². The summed E-state index contributed by atoms with van der Waals surface area (Å²) in [6, 6.07) is -0.194. The van der Waals surface area contributed by atoms with Gasteiger partial charge in [0.05, 0.1) is 12.1 Å².